The van der Waals surface area contributed by atoms with E-state index in [0.29, 0.717) is 23.6 Å². The Labute approximate surface area is 232 Å². The fourth-order valence-corrected chi connectivity index (χ4v) is 4.44. The molecule has 0 bridgehead atoms. The zero-order valence-electron chi connectivity index (χ0n) is 21.0. The summed E-state index contributed by atoms with van der Waals surface area (Å²) in [6.07, 6.45) is 2.56. The Morgan fingerprint density at radius 1 is 1.08 bits per heavy atom. The van der Waals surface area contributed by atoms with Crippen molar-refractivity contribution < 1.29 is 14.7 Å². The van der Waals surface area contributed by atoms with Gasteiger partial charge < -0.3 is 20.1 Å². The van der Waals surface area contributed by atoms with E-state index in [2.05, 4.69) is 17.9 Å². The molecule has 0 unspecified atom stereocenters. The molecule has 1 saturated heterocycles. The molecule has 0 saturated carbocycles. The van der Waals surface area contributed by atoms with Crippen LogP contribution in [0, 0.1) is 16.7 Å². The molecule has 0 atom stereocenters. The average molecular weight is 548 g/mol. The summed E-state index contributed by atoms with van der Waals surface area (Å²) in [5, 5.41) is 26.7. The molecule has 8 nitrogen and oxygen atoms in total. The molecule has 10 heteroatoms. The van der Waals surface area contributed by atoms with E-state index in [0.717, 1.165) is 35.2 Å². The third-order valence-electron chi connectivity index (χ3n) is 5.07. The van der Waals surface area contributed by atoms with Crippen molar-refractivity contribution in [3.63, 3.8) is 0 Å². The van der Waals surface area contributed by atoms with Crippen LogP contribution in [0.5, 0.6) is 0 Å². The maximum atomic E-state index is 12.6. The summed E-state index contributed by atoms with van der Waals surface area (Å²) >= 11 is 5.63. The minimum Gasteiger partial charge on any atom is -0.400 e. The summed E-state index contributed by atoms with van der Waals surface area (Å²) in [5.41, 5.74) is 3.38. The Kier molecular flexibility index (Phi) is 12.7. The fourth-order valence-electron chi connectivity index (χ4n) is 3.25. The second kappa shape index (κ2) is 15.9. The first-order valence-corrected chi connectivity index (χ1v) is 12.7. The summed E-state index contributed by atoms with van der Waals surface area (Å²) < 4.78 is 0. The molecule has 3 aromatic rings. The van der Waals surface area contributed by atoms with Gasteiger partial charge in [-0.1, -0.05) is 42.5 Å². The van der Waals surface area contributed by atoms with Crippen molar-refractivity contribution in [3.05, 3.63) is 101 Å². The van der Waals surface area contributed by atoms with Crippen LogP contribution < -0.4 is 10.2 Å². The van der Waals surface area contributed by atoms with Crippen molar-refractivity contribution in [1.29, 1.82) is 10.7 Å². The van der Waals surface area contributed by atoms with E-state index in [1.165, 1.54) is 16.7 Å². The number of hydrogen-bond acceptors (Lipinski definition) is 9. The van der Waals surface area contributed by atoms with Crippen LogP contribution in [0.1, 0.15) is 11.1 Å². The molecular weight excluding hydrogens is 518 g/mol. The number of amidine groups is 1. The molecule has 0 aliphatic carbocycles. The molecule has 4 rings (SSSR count). The van der Waals surface area contributed by atoms with Crippen LogP contribution in [0.2, 0.25) is 0 Å². The number of aldehydes is 1. The van der Waals surface area contributed by atoms with Crippen LogP contribution in [-0.4, -0.2) is 48.1 Å². The highest BCUT2D eigenvalue weighted by Gasteiger charge is 2.32. The molecule has 1 aliphatic rings. The predicted molar refractivity (Wildman–Crippen MR) is 156 cm³/mol. The van der Waals surface area contributed by atoms with Gasteiger partial charge in [0.15, 0.2) is 5.17 Å². The van der Waals surface area contributed by atoms with Crippen molar-refractivity contribution in [2.45, 2.75) is 11.4 Å². The molecule has 1 amide bonds. The van der Waals surface area contributed by atoms with Crippen LogP contribution in [0.25, 0.3) is 0 Å². The Bertz CT molecular complexity index is 1290. The van der Waals surface area contributed by atoms with E-state index >= 15 is 0 Å². The third-order valence-corrected chi connectivity index (χ3v) is 6.36. The minimum absolute atomic E-state index is 0.141. The van der Waals surface area contributed by atoms with Gasteiger partial charge in [0.1, 0.15) is 6.29 Å². The van der Waals surface area contributed by atoms with Gasteiger partial charge in [-0.2, -0.15) is 5.26 Å². The lowest BCUT2D eigenvalue weighted by Crippen LogP contribution is -2.28. The first-order chi connectivity index (χ1) is 18.4. The summed E-state index contributed by atoms with van der Waals surface area (Å²) in [6.45, 7) is 0.710. The predicted octanol–water partition coefficient (Wildman–Crippen LogP) is 4.74. The van der Waals surface area contributed by atoms with Crippen LogP contribution in [-0.2, 0) is 16.1 Å². The molecule has 0 aromatic heterocycles. The Morgan fingerprint density at radius 2 is 1.71 bits per heavy atom. The standard InChI is InChI=1S/C18H17N3OS2.C9H8N2O.CH4O/c1-20(14-9-5-6-10-15(14)23)12-16-17(22)21(18(19)24-16)11-13-7-3-2-4-8-13;10-7-8-1-3-9(4-2-8)11-5-6-12;1-2/h2-10,12,19,23H,11H2,1H3;1-4,6,11H,5H2;2H,1H3/b16-12+,19-18?;;. The zero-order valence-corrected chi connectivity index (χ0v) is 22.7. The first kappa shape index (κ1) is 30.2. The van der Waals surface area contributed by atoms with Gasteiger partial charge in [-0.25, -0.2) is 0 Å². The second-order valence-corrected chi connectivity index (χ2v) is 9.13. The molecular formula is C28H29N5O3S2. The number of thiol groups is 1. The second-order valence-electron chi connectivity index (χ2n) is 7.61. The number of aliphatic hydroxyl groups is 1. The number of nitrogens with one attached hydrogen (secondary N) is 2. The fraction of sp³-hybridized carbons (Fsp3) is 0.143. The number of thioether (sulfide) groups is 1. The van der Waals surface area contributed by atoms with Gasteiger partial charge in [-0.3, -0.25) is 15.1 Å². The molecule has 1 heterocycles. The van der Waals surface area contributed by atoms with Crippen molar-refractivity contribution in [1.82, 2.24) is 4.90 Å². The number of anilines is 2. The topological polar surface area (TPSA) is 121 Å². The summed E-state index contributed by atoms with van der Waals surface area (Å²) in [4.78, 5) is 27.3. The number of rotatable bonds is 7. The van der Waals surface area contributed by atoms with Gasteiger partial charge in [-0.15, -0.1) is 12.6 Å². The highest BCUT2D eigenvalue weighted by atomic mass is 32.2. The van der Waals surface area contributed by atoms with Gasteiger partial charge in [0, 0.05) is 30.9 Å². The van der Waals surface area contributed by atoms with Crippen molar-refractivity contribution in [2.24, 2.45) is 0 Å². The quantitative estimate of drug-likeness (QED) is 0.192. The molecule has 196 valence electrons. The van der Waals surface area contributed by atoms with Gasteiger partial charge in [0.25, 0.3) is 5.91 Å². The molecule has 1 aliphatic heterocycles. The van der Waals surface area contributed by atoms with E-state index in [-0.39, 0.29) is 11.1 Å². The Balaban J connectivity index is 0.000000305. The average Bonchev–Trinajstić information content (AvgIpc) is 3.21. The molecule has 38 heavy (non-hydrogen) atoms. The lowest BCUT2D eigenvalue weighted by molar-refractivity contribution is -0.122. The Morgan fingerprint density at radius 3 is 2.32 bits per heavy atom. The van der Waals surface area contributed by atoms with E-state index in [1.807, 2.05) is 72.6 Å². The third kappa shape index (κ3) is 8.81. The Hall–Kier alpha value is -4.04. The van der Waals surface area contributed by atoms with Crippen molar-refractivity contribution >= 4 is 53.1 Å². The van der Waals surface area contributed by atoms with Crippen molar-refractivity contribution in [3.8, 4) is 6.07 Å². The molecule has 0 radical (unpaired) electrons. The van der Waals surface area contributed by atoms with Gasteiger partial charge >= 0.3 is 0 Å². The number of hydrogen-bond donors (Lipinski definition) is 4. The smallest absolute Gasteiger partial charge is 0.268 e. The number of benzene rings is 3. The lowest BCUT2D eigenvalue weighted by atomic mass is 10.2. The SMILES string of the molecule is CN(/C=C1/SC(=N)N(Cc2ccccc2)C1=O)c1ccccc1S.CO.N#Cc1ccc(NCC=O)cc1. The maximum absolute atomic E-state index is 12.6. The highest BCUT2D eigenvalue weighted by Crippen LogP contribution is 2.33. The number of aliphatic hydroxyl groups excluding tert-OH is 1. The first-order valence-electron chi connectivity index (χ1n) is 11.4. The van der Waals surface area contributed by atoms with E-state index in [4.69, 9.17) is 15.8 Å². The monoisotopic (exact) mass is 547 g/mol. The summed E-state index contributed by atoms with van der Waals surface area (Å²) in [5.74, 6) is -0.141. The largest absolute Gasteiger partial charge is 0.400 e. The normalized spacial score (nSPS) is 13.0. The van der Waals surface area contributed by atoms with E-state index in [9.17, 15) is 9.59 Å². The molecule has 0 spiro atoms. The summed E-state index contributed by atoms with van der Waals surface area (Å²) in [7, 11) is 2.87. The minimum atomic E-state index is -0.141. The number of nitrogens with zero attached hydrogens (tertiary/aromatic N) is 3. The highest BCUT2D eigenvalue weighted by molar-refractivity contribution is 8.18. The van der Waals surface area contributed by atoms with Gasteiger partial charge in [-0.05, 0) is 53.7 Å². The summed E-state index contributed by atoms with van der Waals surface area (Å²) in [6, 6.07) is 26.3. The molecule has 3 aromatic carbocycles. The molecule has 3 N–H and O–H groups in total. The number of para-hydroxylation sites is 1. The zero-order chi connectivity index (χ0) is 27.9. The van der Waals surface area contributed by atoms with Crippen LogP contribution in [0.3, 0.4) is 0 Å². The number of amides is 1. The van der Waals surface area contributed by atoms with Gasteiger partial charge in [0.2, 0.25) is 0 Å². The van der Waals surface area contributed by atoms with E-state index < -0.39 is 0 Å². The van der Waals surface area contributed by atoms with Crippen LogP contribution in [0.15, 0.2) is 94.9 Å². The number of carbonyl (C=O) groups is 2. The maximum Gasteiger partial charge on any atom is 0.268 e. The van der Waals surface area contributed by atoms with E-state index in [1.54, 1.807) is 30.5 Å². The van der Waals surface area contributed by atoms with Crippen molar-refractivity contribution in [2.75, 3.05) is 30.9 Å². The number of nitriles is 1. The molecule has 1 fully saturated rings. The van der Waals surface area contributed by atoms with Gasteiger partial charge in [0.05, 0.1) is 35.3 Å². The van der Waals surface area contributed by atoms with Crippen LogP contribution in [0.4, 0.5) is 11.4 Å². The number of carbonyl (C=O) groups excluding carboxylic acids is 2. The lowest BCUT2D eigenvalue weighted by Gasteiger charge is -2.17. The van der Waals surface area contributed by atoms with Crippen LogP contribution >= 0.6 is 24.4 Å².